The zero-order valence-electron chi connectivity index (χ0n) is 17.7. The zero-order chi connectivity index (χ0) is 20.8. The van der Waals surface area contributed by atoms with Gasteiger partial charge in [0.1, 0.15) is 6.04 Å². The Hall–Kier alpha value is -3.07. The molecular weight excluding hydrogens is 356 g/mol. The molecule has 0 aromatic heterocycles. The van der Waals surface area contributed by atoms with Gasteiger partial charge in [-0.1, -0.05) is 68.4 Å². The van der Waals surface area contributed by atoms with Gasteiger partial charge in [0.05, 0.1) is 0 Å². The summed E-state index contributed by atoms with van der Waals surface area (Å²) in [4.78, 5) is 15.6. The van der Waals surface area contributed by atoms with Gasteiger partial charge in [0.2, 0.25) is 0 Å². The summed E-state index contributed by atoms with van der Waals surface area (Å²) in [5.74, 6) is 0.436. The summed E-state index contributed by atoms with van der Waals surface area (Å²) in [7, 11) is 0. The van der Waals surface area contributed by atoms with Crippen LogP contribution in [-0.4, -0.2) is 12.5 Å². The first-order valence-corrected chi connectivity index (χ1v) is 10.3. The Morgan fingerprint density at radius 3 is 2.17 bits per heavy atom. The molecule has 1 N–H and O–H groups in total. The van der Waals surface area contributed by atoms with E-state index in [1.807, 2.05) is 48.5 Å². The highest BCUT2D eigenvalue weighted by Gasteiger charge is 2.27. The van der Waals surface area contributed by atoms with Crippen LogP contribution < -0.4 is 10.2 Å². The maximum absolute atomic E-state index is 13.4. The van der Waals surface area contributed by atoms with E-state index in [4.69, 9.17) is 0 Å². The molecule has 0 radical (unpaired) electrons. The van der Waals surface area contributed by atoms with Crippen molar-refractivity contribution in [2.24, 2.45) is 0 Å². The number of hydrogen-bond acceptors (Lipinski definition) is 2. The number of anilines is 2. The minimum absolute atomic E-state index is 0.0307. The molecule has 0 saturated carbocycles. The van der Waals surface area contributed by atoms with Crippen LogP contribution in [-0.2, 0) is 4.79 Å². The van der Waals surface area contributed by atoms with Crippen LogP contribution in [0, 0.1) is 6.92 Å². The van der Waals surface area contributed by atoms with E-state index >= 15 is 0 Å². The van der Waals surface area contributed by atoms with E-state index in [0.717, 1.165) is 23.5 Å². The molecular formula is C26H30N2O. The zero-order valence-corrected chi connectivity index (χ0v) is 17.7. The fourth-order valence-corrected chi connectivity index (χ4v) is 3.59. The van der Waals surface area contributed by atoms with Gasteiger partial charge in [-0.05, 0) is 60.7 Å². The van der Waals surface area contributed by atoms with Crippen molar-refractivity contribution in [3.8, 4) is 0 Å². The molecule has 3 rings (SSSR count). The standard InChI is InChI=1S/C26H30N2O/c1-5-28(24-13-9-10-20(4)18-24)25(22-11-7-6-8-12-22)26(29)27-23-16-14-21(15-17-23)19(2)3/h6-19,25H,5H2,1-4H3,(H,27,29)/t25-/m1/s1. The smallest absolute Gasteiger partial charge is 0.251 e. The summed E-state index contributed by atoms with van der Waals surface area (Å²) < 4.78 is 0. The SMILES string of the molecule is CCN(c1cccc(C)c1)[C@@H](C(=O)Nc1ccc(C(C)C)cc1)c1ccccc1. The fourth-order valence-electron chi connectivity index (χ4n) is 3.59. The van der Waals surface area contributed by atoms with Crippen molar-refractivity contribution in [1.82, 2.24) is 0 Å². The number of carbonyl (C=O) groups excluding carboxylic acids is 1. The Kier molecular flexibility index (Phi) is 6.71. The van der Waals surface area contributed by atoms with E-state index in [1.54, 1.807) is 0 Å². The van der Waals surface area contributed by atoms with Crippen LogP contribution in [0.3, 0.4) is 0 Å². The van der Waals surface area contributed by atoms with Crippen molar-refractivity contribution >= 4 is 17.3 Å². The molecule has 1 atom stereocenters. The van der Waals surface area contributed by atoms with E-state index < -0.39 is 6.04 Å². The van der Waals surface area contributed by atoms with Crippen molar-refractivity contribution in [2.45, 2.75) is 39.7 Å². The van der Waals surface area contributed by atoms with Crippen molar-refractivity contribution in [3.63, 3.8) is 0 Å². The topological polar surface area (TPSA) is 32.3 Å². The van der Waals surface area contributed by atoms with E-state index in [2.05, 4.69) is 68.2 Å². The second-order valence-corrected chi connectivity index (χ2v) is 7.70. The molecule has 0 saturated heterocycles. The Bertz CT molecular complexity index is 932. The van der Waals surface area contributed by atoms with Crippen LogP contribution in [0.2, 0.25) is 0 Å². The molecule has 1 amide bonds. The van der Waals surface area contributed by atoms with Crippen molar-refractivity contribution in [3.05, 3.63) is 95.6 Å². The molecule has 29 heavy (non-hydrogen) atoms. The second kappa shape index (κ2) is 9.42. The summed E-state index contributed by atoms with van der Waals surface area (Å²) in [6.45, 7) is 9.22. The number of likely N-dealkylation sites (N-methyl/N-ethyl adjacent to an activating group) is 1. The van der Waals surface area contributed by atoms with E-state index in [9.17, 15) is 4.79 Å². The quantitative estimate of drug-likeness (QED) is 0.515. The van der Waals surface area contributed by atoms with Crippen LogP contribution in [0.1, 0.15) is 49.4 Å². The maximum Gasteiger partial charge on any atom is 0.251 e. The molecule has 0 bridgehead atoms. The average molecular weight is 387 g/mol. The van der Waals surface area contributed by atoms with Crippen LogP contribution >= 0.6 is 0 Å². The lowest BCUT2D eigenvalue weighted by atomic mass is 10.0. The molecule has 3 aromatic rings. The molecule has 3 heteroatoms. The summed E-state index contributed by atoms with van der Waals surface area (Å²) in [5.41, 5.74) is 5.29. The van der Waals surface area contributed by atoms with Gasteiger partial charge >= 0.3 is 0 Å². The maximum atomic E-state index is 13.4. The molecule has 0 heterocycles. The molecule has 0 aliphatic carbocycles. The van der Waals surface area contributed by atoms with Gasteiger partial charge < -0.3 is 10.2 Å². The molecule has 3 aromatic carbocycles. The first-order chi connectivity index (χ1) is 14.0. The van der Waals surface area contributed by atoms with Crippen LogP contribution in [0.15, 0.2) is 78.9 Å². The number of carbonyl (C=O) groups is 1. The molecule has 150 valence electrons. The van der Waals surface area contributed by atoms with Gasteiger partial charge in [0.25, 0.3) is 5.91 Å². The minimum Gasteiger partial charge on any atom is -0.356 e. The lowest BCUT2D eigenvalue weighted by Crippen LogP contribution is -2.37. The van der Waals surface area contributed by atoms with Crippen molar-refractivity contribution in [2.75, 3.05) is 16.8 Å². The fraction of sp³-hybridized carbons (Fsp3) is 0.269. The number of nitrogens with zero attached hydrogens (tertiary/aromatic N) is 1. The largest absolute Gasteiger partial charge is 0.356 e. The van der Waals surface area contributed by atoms with Crippen LogP contribution in [0.25, 0.3) is 0 Å². The van der Waals surface area contributed by atoms with Gasteiger partial charge in [-0.3, -0.25) is 4.79 Å². The van der Waals surface area contributed by atoms with Crippen molar-refractivity contribution < 1.29 is 4.79 Å². The molecule has 0 aliphatic heterocycles. The number of aryl methyl sites for hydroxylation is 1. The monoisotopic (exact) mass is 386 g/mol. The number of amides is 1. The highest BCUT2D eigenvalue weighted by Crippen LogP contribution is 2.29. The summed E-state index contributed by atoms with van der Waals surface area (Å²) in [6, 6.07) is 26.0. The molecule has 0 spiro atoms. The van der Waals surface area contributed by atoms with Gasteiger partial charge in [-0.15, -0.1) is 0 Å². The number of rotatable bonds is 7. The number of nitrogens with one attached hydrogen (secondary N) is 1. The van der Waals surface area contributed by atoms with Gasteiger partial charge in [-0.2, -0.15) is 0 Å². The third-order valence-corrected chi connectivity index (χ3v) is 5.19. The van der Waals surface area contributed by atoms with Crippen molar-refractivity contribution in [1.29, 1.82) is 0 Å². The Morgan fingerprint density at radius 2 is 1.59 bits per heavy atom. The lowest BCUT2D eigenvalue weighted by Gasteiger charge is -2.32. The normalized spacial score (nSPS) is 11.9. The Labute approximate surface area is 174 Å². The second-order valence-electron chi connectivity index (χ2n) is 7.70. The van der Waals surface area contributed by atoms with Crippen LogP contribution in [0.5, 0.6) is 0 Å². The van der Waals surface area contributed by atoms with E-state index in [0.29, 0.717) is 5.92 Å². The Morgan fingerprint density at radius 1 is 0.897 bits per heavy atom. The van der Waals surface area contributed by atoms with Gasteiger partial charge in [0, 0.05) is 17.9 Å². The van der Waals surface area contributed by atoms with Gasteiger partial charge in [0.15, 0.2) is 0 Å². The highest BCUT2D eigenvalue weighted by molar-refractivity contribution is 5.97. The lowest BCUT2D eigenvalue weighted by molar-refractivity contribution is -0.117. The molecule has 0 fully saturated rings. The third-order valence-electron chi connectivity index (χ3n) is 5.19. The minimum atomic E-state index is -0.409. The van der Waals surface area contributed by atoms with E-state index in [1.165, 1.54) is 11.1 Å². The summed E-state index contributed by atoms with van der Waals surface area (Å²) in [5, 5.41) is 3.13. The highest BCUT2D eigenvalue weighted by atomic mass is 16.2. The predicted octanol–water partition coefficient (Wildman–Crippen LogP) is 6.32. The molecule has 3 nitrogen and oxygen atoms in total. The molecule has 0 aliphatic rings. The average Bonchev–Trinajstić information content (AvgIpc) is 2.72. The summed E-state index contributed by atoms with van der Waals surface area (Å²) >= 11 is 0. The number of hydrogen-bond donors (Lipinski definition) is 1. The Balaban J connectivity index is 1.93. The number of benzene rings is 3. The predicted molar refractivity (Wildman–Crippen MR) is 123 cm³/mol. The third kappa shape index (κ3) is 5.05. The van der Waals surface area contributed by atoms with Crippen LogP contribution in [0.4, 0.5) is 11.4 Å². The summed E-state index contributed by atoms with van der Waals surface area (Å²) in [6.07, 6.45) is 0. The van der Waals surface area contributed by atoms with E-state index in [-0.39, 0.29) is 5.91 Å². The van der Waals surface area contributed by atoms with Gasteiger partial charge in [-0.25, -0.2) is 0 Å². The first kappa shape index (κ1) is 20.7. The molecule has 0 unspecified atom stereocenters. The first-order valence-electron chi connectivity index (χ1n) is 10.3.